The minimum absolute atomic E-state index is 0.0686. The van der Waals surface area contributed by atoms with Crippen LogP contribution in [0.1, 0.15) is 25.3 Å². The first-order valence-electron chi connectivity index (χ1n) is 4.88. The van der Waals surface area contributed by atoms with E-state index in [4.69, 9.17) is 0 Å². The first kappa shape index (κ1) is 10.9. The number of aryl methyl sites for hydroxylation is 1. The van der Waals surface area contributed by atoms with E-state index in [1.54, 1.807) is 0 Å². The average molecular weight is 243 g/mol. The molecule has 0 radical (unpaired) electrons. The highest BCUT2D eigenvalue weighted by molar-refractivity contribution is 8.13. The van der Waals surface area contributed by atoms with Crippen molar-refractivity contribution in [2.24, 2.45) is 0 Å². The number of likely N-dealkylation sites (tertiary alicyclic amines) is 1. The number of amides is 1. The van der Waals surface area contributed by atoms with Gasteiger partial charge in [0.25, 0.3) is 5.24 Å². The first-order valence-corrected chi connectivity index (χ1v) is 6.47. The summed E-state index contributed by atoms with van der Waals surface area (Å²) >= 11 is 2.46. The Morgan fingerprint density at radius 1 is 1.53 bits per heavy atom. The second-order valence-electron chi connectivity index (χ2n) is 3.80. The SMILES string of the molecule is Cc1nc(SC(=O)N2C(C)CC2C)ns1. The Labute approximate surface area is 97.2 Å². The Morgan fingerprint density at radius 3 is 2.67 bits per heavy atom. The van der Waals surface area contributed by atoms with Gasteiger partial charge in [0.15, 0.2) is 0 Å². The van der Waals surface area contributed by atoms with E-state index in [1.165, 1.54) is 11.5 Å². The molecule has 82 valence electrons. The fourth-order valence-corrected chi connectivity index (χ4v) is 3.33. The van der Waals surface area contributed by atoms with Crippen molar-refractivity contribution in [2.75, 3.05) is 0 Å². The molecule has 4 nitrogen and oxygen atoms in total. The molecule has 1 saturated heterocycles. The van der Waals surface area contributed by atoms with Crippen molar-refractivity contribution in [1.82, 2.24) is 14.3 Å². The standard InChI is InChI=1S/C9H13N3OS2/c1-5-4-6(2)12(5)9(13)14-8-10-7(3)15-11-8/h5-6H,4H2,1-3H3. The number of aromatic nitrogens is 2. The Morgan fingerprint density at radius 2 is 2.20 bits per heavy atom. The van der Waals surface area contributed by atoms with Crippen LogP contribution in [-0.4, -0.2) is 31.6 Å². The Balaban J connectivity index is 1.98. The van der Waals surface area contributed by atoms with Crippen molar-refractivity contribution in [3.63, 3.8) is 0 Å². The summed E-state index contributed by atoms with van der Waals surface area (Å²) in [6.45, 7) is 6.03. The summed E-state index contributed by atoms with van der Waals surface area (Å²) in [6, 6.07) is 0.722. The molecule has 1 aliphatic heterocycles. The monoisotopic (exact) mass is 243 g/mol. The van der Waals surface area contributed by atoms with Crippen LogP contribution < -0.4 is 0 Å². The van der Waals surface area contributed by atoms with Gasteiger partial charge in [-0.25, -0.2) is 4.98 Å². The number of hydrogen-bond acceptors (Lipinski definition) is 5. The number of rotatable bonds is 1. The van der Waals surface area contributed by atoms with Crippen LogP contribution in [0.25, 0.3) is 0 Å². The Hall–Kier alpha value is -0.620. The van der Waals surface area contributed by atoms with Crippen molar-refractivity contribution < 1.29 is 4.79 Å². The smallest absolute Gasteiger partial charge is 0.289 e. The lowest BCUT2D eigenvalue weighted by Gasteiger charge is -2.44. The number of carbonyl (C=O) groups is 1. The van der Waals surface area contributed by atoms with E-state index in [-0.39, 0.29) is 5.24 Å². The highest BCUT2D eigenvalue weighted by Gasteiger charge is 2.36. The maximum atomic E-state index is 11.8. The third-order valence-corrected chi connectivity index (χ3v) is 4.02. The van der Waals surface area contributed by atoms with Crippen LogP contribution in [0.4, 0.5) is 4.79 Å². The van der Waals surface area contributed by atoms with Gasteiger partial charge in [0.2, 0.25) is 5.16 Å². The van der Waals surface area contributed by atoms with Crippen LogP contribution in [-0.2, 0) is 0 Å². The van der Waals surface area contributed by atoms with Crippen LogP contribution in [0.5, 0.6) is 0 Å². The number of hydrogen-bond donors (Lipinski definition) is 0. The van der Waals surface area contributed by atoms with Gasteiger partial charge in [0.1, 0.15) is 5.01 Å². The van der Waals surface area contributed by atoms with Crippen LogP contribution in [0.3, 0.4) is 0 Å². The summed E-state index contributed by atoms with van der Waals surface area (Å²) < 4.78 is 4.09. The molecule has 1 aromatic rings. The zero-order valence-electron chi connectivity index (χ0n) is 8.93. The summed E-state index contributed by atoms with van der Waals surface area (Å²) in [5.41, 5.74) is 0. The van der Waals surface area contributed by atoms with Crippen molar-refractivity contribution in [1.29, 1.82) is 0 Å². The molecular formula is C9H13N3OS2. The summed E-state index contributed by atoms with van der Waals surface area (Å²) in [7, 11) is 0. The third kappa shape index (κ3) is 2.15. The average Bonchev–Trinajstić information content (AvgIpc) is 2.50. The zero-order chi connectivity index (χ0) is 11.0. The minimum atomic E-state index is 0.0686. The molecule has 1 amide bonds. The molecule has 2 atom stereocenters. The fraction of sp³-hybridized carbons (Fsp3) is 0.667. The first-order chi connectivity index (χ1) is 7.08. The number of nitrogens with zero attached hydrogens (tertiary/aromatic N) is 3. The van der Waals surface area contributed by atoms with Crippen LogP contribution in [0.2, 0.25) is 0 Å². The minimum Gasteiger partial charge on any atom is -0.328 e. The largest absolute Gasteiger partial charge is 0.328 e. The highest BCUT2D eigenvalue weighted by atomic mass is 32.2. The van der Waals surface area contributed by atoms with E-state index >= 15 is 0 Å². The molecule has 0 spiro atoms. The highest BCUT2D eigenvalue weighted by Crippen LogP contribution is 2.31. The van der Waals surface area contributed by atoms with E-state index in [0.717, 1.165) is 23.2 Å². The molecule has 15 heavy (non-hydrogen) atoms. The lowest BCUT2D eigenvalue weighted by atomic mass is 9.97. The number of carbonyl (C=O) groups excluding carboxylic acids is 1. The lowest BCUT2D eigenvalue weighted by molar-refractivity contribution is 0.0902. The molecule has 1 aromatic heterocycles. The molecule has 6 heteroatoms. The topological polar surface area (TPSA) is 46.1 Å². The Bertz CT molecular complexity index is 371. The second kappa shape index (κ2) is 4.09. The van der Waals surface area contributed by atoms with Crippen LogP contribution in [0.15, 0.2) is 5.16 Å². The third-order valence-electron chi connectivity index (χ3n) is 2.53. The summed E-state index contributed by atoms with van der Waals surface area (Å²) in [4.78, 5) is 17.9. The quantitative estimate of drug-likeness (QED) is 0.711. The second-order valence-corrected chi connectivity index (χ2v) is 5.68. The molecule has 0 aromatic carbocycles. The molecular weight excluding hydrogens is 230 g/mol. The molecule has 0 N–H and O–H groups in total. The molecule has 0 bridgehead atoms. The maximum absolute atomic E-state index is 11.8. The van der Waals surface area contributed by atoms with Gasteiger partial charge in [-0.1, -0.05) is 0 Å². The maximum Gasteiger partial charge on any atom is 0.289 e. The van der Waals surface area contributed by atoms with Crippen molar-refractivity contribution in [3.05, 3.63) is 5.01 Å². The predicted molar refractivity (Wildman–Crippen MR) is 61.3 cm³/mol. The van der Waals surface area contributed by atoms with Gasteiger partial charge in [-0.3, -0.25) is 4.79 Å². The van der Waals surface area contributed by atoms with Gasteiger partial charge in [-0.15, -0.1) is 0 Å². The predicted octanol–water partition coefficient (Wildman–Crippen LogP) is 2.54. The van der Waals surface area contributed by atoms with E-state index in [2.05, 4.69) is 23.2 Å². The normalized spacial score (nSPS) is 25.1. The van der Waals surface area contributed by atoms with Gasteiger partial charge < -0.3 is 4.90 Å². The summed E-state index contributed by atoms with van der Waals surface area (Å²) in [5.74, 6) is 0. The lowest BCUT2D eigenvalue weighted by Crippen LogP contribution is -2.54. The summed E-state index contributed by atoms with van der Waals surface area (Å²) in [5, 5.41) is 1.54. The van der Waals surface area contributed by atoms with E-state index in [1.807, 2.05) is 11.8 Å². The van der Waals surface area contributed by atoms with Gasteiger partial charge in [-0.2, -0.15) is 4.37 Å². The van der Waals surface area contributed by atoms with Gasteiger partial charge in [0, 0.05) is 23.8 Å². The molecule has 2 unspecified atom stereocenters. The zero-order valence-corrected chi connectivity index (χ0v) is 10.6. The Kier molecular flexibility index (Phi) is 2.97. The number of thioether (sulfide) groups is 1. The van der Waals surface area contributed by atoms with E-state index < -0.39 is 0 Å². The van der Waals surface area contributed by atoms with Crippen molar-refractivity contribution >= 4 is 28.5 Å². The van der Waals surface area contributed by atoms with E-state index in [0.29, 0.717) is 17.2 Å². The molecule has 0 saturated carbocycles. The molecule has 2 heterocycles. The molecule has 1 fully saturated rings. The fourth-order valence-electron chi connectivity index (χ4n) is 1.83. The molecule has 1 aliphatic rings. The van der Waals surface area contributed by atoms with Gasteiger partial charge in [0.05, 0.1) is 0 Å². The van der Waals surface area contributed by atoms with E-state index in [9.17, 15) is 4.79 Å². The van der Waals surface area contributed by atoms with Crippen LogP contribution in [0, 0.1) is 6.92 Å². The molecule has 0 aliphatic carbocycles. The van der Waals surface area contributed by atoms with Crippen molar-refractivity contribution in [3.8, 4) is 0 Å². The van der Waals surface area contributed by atoms with Gasteiger partial charge >= 0.3 is 0 Å². The van der Waals surface area contributed by atoms with Crippen LogP contribution >= 0.6 is 23.3 Å². The summed E-state index contributed by atoms with van der Waals surface area (Å²) in [6.07, 6.45) is 1.09. The molecule has 2 rings (SSSR count). The van der Waals surface area contributed by atoms with Crippen molar-refractivity contribution in [2.45, 2.75) is 44.4 Å². The van der Waals surface area contributed by atoms with Gasteiger partial charge in [-0.05, 0) is 38.7 Å².